The summed E-state index contributed by atoms with van der Waals surface area (Å²) in [6, 6.07) is 5.33. The van der Waals surface area contributed by atoms with Gasteiger partial charge in [-0.05, 0) is 18.9 Å². The fourth-order valence-electron chi connectivity index (χ4n) is 3.10. The maximum Gasteiger partial charge on any atom is 0.306 e. The quantitative estimate of drug-likeness (QED) is 0.859. The summed E-state index contributed by atoms with van der Waals surface area (Å²) < 4.78 is 0. The van der Waals surface area contributed by atoms with Gasteiger partial charge < -0.3 is 14.9 Å². The third-order valence-corrected chi connectivity index (χ3v) is 4.62. The largest absolute Gasteiger partial charge is 0.481 e. The summed E-state index contributed by atoms with van der Waals surface area (Å²) in [7, 11) is 1.58. The first-order chi connectivity index (χ1) is 12.0. The molecule has 1 aliphatic rings. The van der Waals surface area contributed by atoms with Crippen molar-refractivity contribution in [2.24, 2.45) is 5.92 Å². The Bertz CT molecular complexity index is 808. The van der Waals surface area contributed by atoms with Crippen LogP contribution in [0.5, 0.6) is 0 Å². The molecule has 1 fully saturated rings. The number of aromatic nitrogens is 2. The minimum atomic E-state index is -0.813. The maximum absolute atomic E-state index is 12.6. The molecule has 0 spiro atoms. The number of piperidine rings is 1. The number of likely N-dealkylation sites (N-methyl/N-ethyl adjacent to an activating group) is 1. The molecule has 132 valence electrons. The van der Waals surface area contributed by atoms with Gasteiger partial charge in [0.25, 0.3) is 5.91 Å². The molecule has 1 aliphatic heterocycles. The Hall–Kier alpha value is -2.90. The van der Waals surface area contributed by atoms with Crippen LogP contribution < -0.4 is 0 Å². The molecule has 1 aromatic heterocycles. The molecule has 0 aliphatic carbocycles. The summed E-state index contributed by atoms with van der Waals surface area (Å²) in [4.78, 5) is 39.0. The van der Waals surface area contributed by atoms with Crippen molar-refractivity contribution in [3.8, 4) is 0 Å². The van der Waals surface area contributed by atoms with E-state index in [9.17, 15) is 14.4 Å². The van der Waals surface area contributed by atoms with E-state index in [1.54, 1.807) is 30.3 Å². The van der Waals surface area contributed by atoms with Crippen molar-refractivity contribution in [2.75, 3.05) is 26.7 Å². The number of amides is 2. The lowest BCUT2D eigenvalue weighted by atomic mass is 9.97. The van der Waals surface area contributed by atoms with Crippen LogP contribution in [0.3, 0.4) is 0 Å². The number of nitrogens with one attached hydrogen (secondary N) is 1. The smallest absolute Gasteiger partial charge is 0.306 e. The molecule has 1 aromatic carbocycles. The number of benzene rings is 1. The van der Waals surface area contributed by atoms with Crippen LogP contribution in [-0.4, -0.2) is 69.6 Å². The molecule has 8 heteroatoms. The number of carboxylic acids is 1. The van der Waals surface area contributed by atoms with E-state index in [1.165, 1.54) is 4.90 Å². The molecule has 0 radical (unpaired) electrons. The van der Waals surface area contributed by atoms with Gasteiger partial charge in [-0.25, -0.2) is 0 Å². The predicted octanol–water partition coefficient (Wildman–Crippen LogP) is 0.958. The second kappa shape index (κ2) is 6.92. The van der Waals surface area contributed by atoms with E-state index < -0.39 is 5.97 Å². The fourth-order valence-corrected chi connectivity index (χ4v) is 3.10. The summed E-state index contributed by atoms with van der Waals surface area (Å²) in [6.45, 7) is 0.781. The van der Waals surface area contributed by atoms with Gasteiger partial charge in [0.05, 0.1) is 29.7 Å². The Kier molecular flexibility index (Phi) is 4.69. The van der Waals surface area contributed by atoms with Gasteiger partial charge in [-0.3, -0.25) is 19.5 Å². The molecule has 0 bridgehead atoms. The molecule has 0 unspecified atom stereocenters. The highest BCUT2D eigenvalue weighted by atomic mass is 16.4. The minimum absolute atomic E-state index is 0.0406. The van der Waals surface area contributed by atoms with Crippen LogP contribution in [0.15, 0.2) is 24.4 Å². The zero-order valence-corrected chi connectivity index (χ0v) is 13.9. The number of fused-ring (bicyclic) bond motifs is 1. The van der Waals surface area contributed by atoms with E-state index in [2.05, 4.69) is 10.2 Å². The second-order valence-electron chi connectivity index (χ2n) is 6.29. The van der Waals surface area contributed by atoms with Crippen molar-refractivity contribution in [2.45, 2.75) is 12.8 Å². The molecule has 0 atom stereocenters. The zero-order valence-electron chi connectivity index (χ0n) is 13.9. The van der Waals surface area contributed by atoms with E-state index in [0.717, 1.165) is 5.39 Å². The summed E-state index contributed by atoms with van der Waals surface area (Å²) in [6.07, 6.45) is 2.54. The van der Waals surface area contributed by atoms with Crippen LogP contribution in [0.25, 0.3) is 10.9 Å². The average Bonchev–Trinajstić information content (AvgIpc) is 3.09. The van der Waals surface area contributed by atoms with Gasteiger partial charge in [-0.15, -0.1) is 0 Å². The number of rotatable bonds is 4. The van der Waals surface area contributed by atoms with Crippen molar-refractivity contribution in [1.82, 2.24) is 20.0 Å². The van der Waals surface area contributed by atoms with E-state index in [-0.39, 0.29) is 24.3 Å². The van der Waals surface area contributed by atoms with Crippen LogP contribution in [0.2, 0.25) is 0 Å². The third-order valence-electron chi connectivity index (χ3n) is 4.62. The summed E-state index contributed by atoms with van der Waals surface area (Å²) in [5.74, 6) is -1.63. The third kappa shape index (κ3) is 3.47. The Labute approximate surface area is 144 Å². The number of hydrogen-bond donors (Lipinski definition) is 2. The number of carbonyl (C=O) groups excluding carboxylic acids is 2. The topological polar surface area (TPSA) is 107 Å². The highest BCUT2D eigenvalue weighted by Crippen LogP contribution is 2.19. The highest BCUT2D eigenvalue weighted by molar-refractivity contribution is 6.06. The number of aliphatic carboxylic acids is 1. The number of para-hydroxylation sites is 1. The Morgan fingerprint density at radius 1 is 1.32 bits per heavy atom. The standard InChI is InChI=1S/C17H20N4O4/c1-20(10-14(22)21-7-5-11(6-8-21)17(24)25)16(23)13-4-2-3-12-9-18-19-15(12)13/h2-4,9,11H,5-8,10H2,1H3,(H,18,19)(H,24,25). The zero-order chi connectivity index (χ0) is 18.0. The molecule has 8 nitrogen and oxygen atoms in total. The molecular weight excluding hydrogens is 324 g/mol. The molecular formula is C17H20N4O4. The molecule has 2 heterocycles. The lowest BCUT2D eigenvalue weighted by Crippen LogP contribution is -2.45. The number of likely N-dealkylation sites (tertiary alicyclic amines) is 1. The maximum atomic E-state index is 12.6. The Morgan fingerprint density at radius 3 is 2.72 bits per heavy atom. The average molecular weight is 344 g/mol. The second-order valence-corrected chi connectivity index (χ2v) is 6.29. The van der Waals surface area contributed by atoms with Crippen LogP contribution >= 0.6 is 0 Å². The van der Waals surface area contributed by atoms with Crippen LogP contribution in [0, 0.1) is 5.92 Å². The van der Waals surface area contributed by atoms with Gasteiger partial charge >= 0.3 is 5.97 Å². The molecule has 2 amide bonds. The lowest BCUT2D eigenvalue weighted by Gasteiger charge is -2.31. The van der Waals surface area contributed by atoms with Crippen molar-refractivity contribution in [3.63, 3.8) is 0 Å². The van der Waals surface area contributed by atoms with Crippen molar-refractivity contribution >= 4 is 28.7 Å². The SMILES string of the molecule is CN(CC(=O)N1CCC(C(=O)O)CC1)C(=O)c1cccc2cn[nH]c12. The Morgan fingerprint density at radius 2 is 2.04 bits per heavy atom. The number of carboxylic acid groups (broad SMARTS) is 1. The number of nitrogens with zero attached hydrogens (tertiary/aromatic N) is 3. The summed E-state index contributed by atoms with van der Waals surface area (Å²) in [5, 5.41) is 16.6. The molecule has 1 saturated heterocycles. The van der Waals surface area contributed by atoms with E-state index in [1.807, 2.05) is 6.07 Å². The first kappa shape index (κ1) is 16.9. The van der Waals surface area contributed by atoms with Gasteiger partial charge in [-0.1, -0.05) is 12.1 Å². The number of hydrogen-bond acceptors (Lipinski definition) is 4. The minimum Gasteiger partial charge on any atom is -0.481 e. The molecule has 2 N–H and O–H groups in total. The van der Waals surface area contributed by atoms with Gasteiger partial charge in [0.15, 0.2) is 0 Å². The highest BCUT2D eigenvalue weighted by Gasteiger charge is 2.28. The van der Waals surface area contributed by atoms with Gasteiger partial charge in [0, 0.05) is 25.5 Å². The van der Waals surface area contributed by atoms with Crippen LogP contribution in [-0.2, 0) is 9.59 Å². The van der Waals surface area contributed by atoms with Crippen molar-refractivity contribution in [3.05, 3.63) is 30.0 Å². The normalized spacial score (nSPS) is 15.3. The van der Waals surface area contributed by atoms with Gasteiger partial charge in [0.2, 0.25) is 5.91 Å². The fraction of sp³-hybridized carbons (Fsp3) is 0.412. The van der Waals surface area contributed by atoms with Crippen LogP contribution in [0.1, 0.15) is 23.2 Å². The molecule has 0 saturated carbocycles. The molecule has 2 aromatic rings. The van der Waals surface area contributed by atoms with Gasteiger partial charge in [-0.2, -0.15) is 5.10 Å². The number of carbonyl (C=O) groups is 3. The number of H-pyrrole nitrogens is 1. The molecule has 3 rings (SSSR count). The predicted molar refractivity (Wildman–Crippen MR) is 90.0 cm³/mol. The van der Waals surface area contributed by atoms with E-state index in [4.69, 9.17) is 5.11 Å². The first-order valence-corrected chi connectivity index (χ1v) is 8.15. The van der Waals surface area contributed by atoms with Crippen molar-refractivity contribution in [1.29, 1.82) is 0 Å². The first-order valence-electron chi connectivity index (χ1n) is 8.15. The van der Waals surface area contributed by atoms with E-state index >= 15 is 0 Å². The molecule has 25 heavy (non-hydrogen) atoms. The number of aromatic amines is 1. The van der Waals surface area contributed by atoms with Crippen molar-refractivity contribution < 1.29 is 19.5 Å². The van der Waals surface area contributed by atoms with Crippen LogP contribution in [0.4, 0.5) is 0 Å². The van der Waals surface area contributed by atoms with E-state index in [0.29, 0.717) is 37.0 Å². The van der Waals surface area contributed by atoms with Gasteiger partial charge in [0.1, 0.15) is 0 Å². The lowest BCUT2D eigenvalue weighted by molar-refractivity contribution is -0.145. The summed E-state index contributed by atoms with van der Waals surface area (Å²) in [5.41, 5.74) is 1.11. The summed E-state index contributed by atoms with van der Waals surface area (Å²) >= 11 is 0. The Balaban J connectivity index is 1.63. The monoisotopic (exact) mass is 344 g/mol.